The molecule has 156 valence electrons. The second-order valence-electron chi connectivity index (χ2n) is 9.19. The van der Waals surface area contributed by atoms with Crippen molar-refractivity contribution in [3.8, 4) is 11.1 Å². The zero-order chi connectivity index (χ0) is 20.7. The van der Waals surface area contributed by atoms with E-state index in [1.54, 1.807) is 12.3 Å². The molecule has 5 rings (SSSR count). The Bertz CT molecular complexity index is 954. The van der Waals surface area contributed by atoms with Crippen molar-refractivity contribution in [3.63, 3.8) is 0 Å². The second-order valence-corrected chi connectivity index (χ2v) is 9.19. The van der Waals surface area contributed by atoms with Gasteiger partial charge in [0.1, 0.15) is 11.9 Å². The first kappa shape index (κ1) is 19.5. The smallest absolute Gasteiger partial charge is 0.309 e. The molecule has 1 saturated heterocycles. The number of pyridine rings is 1. The molecule has 1 aromatic carbocycles. The third-order valence-corrected chi connectivity index (χ3v) is 7.51. The lowest BCUT2D eigenvalue weighted by Crippen LogP contribution is -2.42. The summed E-state index contributed by atoms with van der Waals surface area (Å²) >= 11 is 0. The summed E-state index contributed by atoms with van der Waals surface area (Å²) in [6, 6.07) is 10.5. The molecule has 0 radical (unpaired) electrons. The molecule has 3 fully saturated rings. The van der Waals surface area contributed by atoms with E-state index in [1.165, 1.54) is 37.8 Å². The molecular weight excluding hydrogens is 377 g/mol. The van der Waals surface area contributed by atoms with Crippen LogP contribution in [0.25, 0.3) is 17.2 Å². The van der Waals surface area contributed by atoms with Gasteiger partial charge in [-0.05, 0) is 67.4 Å². The highest BCUT2D eigenvalue weighted by atomic mass is 19.1. The molecule has 3 aliphatic rings. The van der Waals surface area contributed by atoms with E-state index in [4.69, 9.17) is 4.74 Å². The van der Waals surface area contributed by atoms with Crippen LogP contribution >= 0.6 is 0 Å². The Morgan fingerprint density at radius 1 is 1.13 bits per heavy atom. The van der Waals surface area contributed by atoms with E-state index >= 15 is 0 Å². The van der Waals surface area contributed by atoms with Crippen LogP contribution in [0.4, 0.5) is 4.39 Å². The molecule has 2 heterocycles. The SMILES string of the molecule is C[C@H]1OC(=O)[C@@H]2C[C@@H]3CCCC[C@H]3[C@H](/C=C/c3ccc(-c4cccc(F)c4)cn3)[C@H]12. The van der Waals surface area contributed by atoms with Crippen LogP contribution in [0.5, 0.6) is 0 Å². The lowest BCUT2D eigenvalue weighted by atomic mass is 9.57. The van der Waals surface area contributed by atoms with Gasteiger partial charge in [0.15, 0.2) is 0 Å². The number of aromatic nitrogens is 1. The first-order valence-electron chi connectivity index (χ1n) is 11.2. The van der Waals surface area contributed by atoms with Gasteiger partial charge in [-0.1, -0.05) is 43.5 Å². The summed E-state index contributed by atoms with van der Waals surface area (Å²) in [6.07, 6.45) is 12.2. The molecule has 0 N–H and O–H groups in total. The predicted molar refractivity (Wildman–Crippen MR) is 115 cm³/mol. The second kappa shape index (κ2) is 7.98. The molecule has 3 nitrogen and oxygen atoms in total. The minimum atomic E-state index is -0.243. The molecule has 2 aromatic rings. The van der Waals surface area contributed by atoms with Crippen molar-refractivity contribution in [1.82, 2.24) is 4.98 Å². The van der Waals surface area contributed by atoms with E-state index < -0.39 is 0 Å². The van der Waals surface area contributed by atoms with Crippen LogP contribution in [0.2, 0.25) is 0 Å². The number of hydrogen-bond donors (Lipinski definition) is 0. The van der Waals surface area contributed by atoms with Gasteiger partial charge in [-0.25, -0.2) is 4.39 Å². The first-order valence-corrected chi connectivity index (χ1v) is 11.2. The summed E-state index contributed by atoms with van der Waals surface area (Å²) in [5.74, 6) is 1.73. The standard InChI is InChI=1S/C26H28FNO2/c1-16-25-23(22-8-3-2-5-18(22)14-24(25)26(29)30-16)12-11-21-10-9-19(15-28-21)17-6-4-7-20(27)13-17/h4,6-7,9-13,15-16,18,22-25H,2-3,5,8,14H2,1H3/b12-11+/t16-,18+,22-,23+,24-,25+/m1/s1. The van der Waals surface area contributed by atoms with Crippen LogP contribution in [0.3, 0.4) is 0 Å². The molecule has 0 bridgehead atoms. The lowest BCUT2D eigenvalue weighted by molar-refractivity contribution is -0.144. The summed E-state index contributed by atoms with van der Waals surface area (Å²) in [5.41, 5.74) is 2.62. The maximum Gasteiger partial charge on any atom is 0.309 e. The molecule has 0 spiro atoms. The fourth-order valence-corrected chi connectivity index (χ4v) is 6.14. The van der Waals surface area contributed by atoms with Crippen LogP contribution in [-0.2, 0) is 9.53 Å². The number of allylic oxidation sites excluding steroid dienone is 1. The molecule has 0 unspecified atom stereocenters. The van der Waals surface area contributed by atoms with Gasteiger partial charge >= 0.3 is 5.97 Å². The summed E-state index contributed by atoms with van der Waals surface area (Å²) < 4.78 is 19.1. The fourth-order valence-electron chi connectivity index (χ4n) is 6.14. The fraction of sp³-hybridized carbons (Fsp3) is 0.462. The van der Waals surface area contributed by atoms with Gasteiger partial charge in [-0.15, -0.1) is 0 Å². The number of rotatable bonds is 3. The third kappa shape index (κ3) is 3.57. The molecular formula is C26H28FNO2. The van der Waals surface area contributed by atoms with Crippen LogP contribution in [0.15, 0.2) is 48.7 Å². The number of cyclic esters (lactones) is 1. The predicted octanol–water partition coefficient (Wildman–Crippen LogP) is 5.90. The number of nitrogens with zero attached hydrogens (tertiary/aromatic N) is 1. The number of ether oxygens (including phenoxy) is 1. The molecule has 4 heteroatoms. The van der Waals surface area contributed by atoms with Gasteiger partial charge < -0.3 is 4.74 Å². The molecule has 2 saturated carbocycles. The van der Waals surface area contributed by atoms with Gasteiger partial charge in [0.25, 0.3) is 0 Å². The maximum absolute atomic E-state index is 13.5. The summed E-state index contributed by atoms with van der Waals surface area (Å²) in [5, 5.41) is 0. The van der Waals surface area contributed by atoms with E-state index in [0.717, 1.165) is 23.2 Å². The van der Waals surface area contributed by atoms with Crippen LogP contribution in [0, 0.1) is 35.4 Å². The number of carbonyl (C=O) groups is 1. The summed E-state index contributed by atoms with van der Waals surface area (Å²) in [7, 11) is 0. The van der Waals surface area contributed by atoms with Gasteiger partial charge in [-0.3, -0.25) is 9.78 Å². The average molecular weight is 406 g/mol. The Hall–Kier alpha value is -2.49. The van der Waals surface area contributed by atoms with Crippen molar-refractivity contribution in [2.75, 3.05) is 0 Å². The number of fused-ring (bicyclic) bond motifs is 2. The molecule has 30 heavy (non-hydrogen) atoms. The first-order chi connectivity index (χ1) is 14.6. The normalized spacial score (nSPS) is 33.2. The van der Waals surface area contributed by atoms with Gasteiger partial charge in [0, 0.05) is 17.7 Å². The largest absolute Gasteiger partial charge is 0.462 e. The minimum absolute atomic E-state index is 0.00694. The van der Waals surface area contributed by atoms with Gasteiger partial charge in [0.05, 0.1) is 11.6 Å². The lowest BCUT2D eigenvalue weighted by Gasteiger charge is -2.45. The van der Waals surface area contributed by atoms with Gasteiger partial charge in [0.2, 0.25) is 0 Å². The maximum atomic E-state index is 13.5. The van der Waals surface area contributed by atoms with Crippen molar-refractivity contribution in [2.45, 2.75) is 45.1 Å². The number of carbonyl (C=O) groups excluding carboxylic acids is 1. The summed E-state index contributed by atoms with van der Waals surface area (Å²) in [4.78, 5) is 17.0. The number of halogens is 1. The molecule has 0 amide bonds. The Morgan fingerprint density at radius 2 is 2.00 bits per heavy atom. The van der Waals surface area contributed by atoms with Crippen LogP contribution < -0.4 is 0 Å². The van der Waals surface area contributed by atoms with Crippen molar-refractivity contribution in [1.29, 1.82) is 0 Å². The highest BCUT2D eigenvalue weighted by Gasteiger charge is 2.53. The number of benzene rings is 1. The molecule has 1 aromatic heterocycles. The van der Waals surface area contributed by atoms with Crippen molar-refractivity contribution in [3.05, 3.63) is 60.2 Å². The Morgan fingerprint density at radius 3 is 2.80 bits per heavy atom. The molecule has 2 aliphatic carbocycles. The Labute approximate surface area is 177 Å². The monoisotopic (exact) mass is 405 g/mol. The van der Waals surface area contributed by atoms with E-state index in [1.807, 2.05) is 18.2 Å². The quantitative estimate of drug-likeness (QED) is 0.597. The van der Waals surface area contributed by atoms with Crippen molar-refractivity contribution in [2.24, 2.45) is 29.6 Å². The van der Waals surface area contributed by atoms with Crippen molar-refractivity contribution < 1.29 is 13.9 Å². The Kier molecular flexibility index (Phi) is 5.18. The third-order valence-electron chi connectivity index (χ3n) is 7.51. The van der Waals surface area contributed by atoms with Crippen LogP contribution in [0.1, 0.15) is 44.7 Å². The van der Waals surface area contributed by atoms with E-state index in [9.17, 15) is 9.18 Å². The zero-order valence-electron chi connectivity index (χ0n) is 17.3. The van der Waals surface area contributed by atoms with E-state index in [2.05, 4.69) is 24.1 Å². The van der Waals surface area contributed by atoms with Crippen molar-refractivity contribution >= 4 is 12.0 Å². The highest BCUT2D eigenvalue weighted by Crippen LogP contribution is 2.53. The molecule has 1 aliphatic heterocycles. The Balaban J connectivity index is 1.39. The number of hydrogen-bond acceptors (Lipinski definition) is 3. The van der Waals surface area contributed by atoms with E-state index in [-0.39, 0.29) is 29.7 Å². The average Bonchev–Trinajstić information content (AvgIpc) is 3.05. The molecule has 6 atom stereocenters. The minimum Gasteiger partial charge on any atom is -0.462 e. The van der Waals surface area contributed by atoms with Gasteiger partial charge in [-0.2, -0.15) is 0 Å². The summed E-state index contributed by atoms with van der Waals surface area (Å²) in [6.45, 7) is 2.05. The highest BCUT2D eigenvalue weighted by molar-refractivity contribution is 5.75. The number of esters is 1. The zero-order valence-corrected chi connectivity index (χ0v) is 17.3. The van der Waals surface area contributed by atoms with Crippen LogP contribution in [-0.4, -0.2) is 17.1 Å². The van der Waals surface area contributed by atoms with E-state index in [0.29, 0.717) is 17.8 Å². The topological polar surface area (TPSA) is 39.2 Å².